The van der Waals surface area contributed by atoms with Crippen LogP contribution in [0, 0.1) is 0 Å². The van der Waals surface area contributed by atoms with Gasteiger partial charge in [-0.2, -0.15) is 0 Å². The number of aromatic nitrogens is 2. The Kier molecular flexibility index (Phi) is 3.33. The molecule has 1 fully saturated rings. The van der Waals surface area contributed by atoms with E-state index in [1.165, 1.54) is 4.57 Å². The van der Waals surface area contributed by atoms with Gasteiger partial charge in [-0.3, -0.25) is 9.36 Å². The fourth-order valence-electron chi connectivity index (χ4n) is 2.99. The highest BCUT2D eigenvalue weighted by atomic mass is 35.5. The normalized spacial score (nSPS) is 24.5. The molecule has 1 unspecified atom stereocenters. The second kappa shape index (κ2) is 4.81. The number of rotatable bonds is 2. The molecule has 0 bridgehead atoms. The molecule has 0 N–H and O–H groups in total. The Hall–Kier alpha value is -1.40. The van der Waals surface area contributed by atoms with Gasteiger partial charge in [0.25, 0.3) is 5.56 Å². The van der Waals surface area contributed by atoms with E-state index in [1.807, 2.05) is 0 Å². The van der Waals surface area contributed by atoms with E-state index < -0.39 is 15.4 Å². The Morgan fingerprint density at radius 2 is 2.10 bits per heavy atom. The van der Waals surface area contributed by atoms with Crippen molar-refractivity contribution in [2.45, 2.75) is 24.8 Å². The van der Waals surface area contributed by atoms with Gasteiger partial charge >= 0.3 is 0 Å². The summed E-state index contributed by atoms with van der Waals surface area (Å²) in [5, 5.41) is 0.483. The summed E-state index contributed by atoms with van der Waals surface area (Å²) in [6, 6.07) is 7.03. The molecule has 21 heavy (non-hydrogen) atoms. The highest BCUT2D eigenvalue weighted by molar-refractivity contribution is 7.91. The predicted molar refractivity (Wildman–Crippen MR) is 82.5 cm³/mol. The number of sulfone groups is 1. The minimum atomic E-state index is -3.13. The van der Waals surface area contributed by atoms with Gasteiger partial charge in [0, 0.05) is 0 Å². The van der Waals surface area contributed by atoms with Crippen LogP contribution in [0.2, 0.25) is 0 Å². The number of benzene rings is 1. The molecule has 1 aromatic heterocycles. The van der Waals surface area contributed by atoms with E-state index in [0.717, 1.165) is 0 Å². The molecule has 1 aliphatic rings. The van der Waals surface area contributed by atoms with Crippen LogP contribution in [0.4, 0.5) is 0 Å². The molecule has 5 nitrogen and oxygen atoms in total. The van der Waals surface area contributed by atoms with Crippen molar-refractivity contribution in [2.75, 3.05) is 11.5 Å². The Bertz CT molecular complexity index is 875. The molecular formula is C14H15ClN2O3S. The monoisotopic (exact) mass is 326 g/mol. The summed E-state index contributed by atoms with van der Waals surface area (Å²) in [7, 11) is -3.13. The molecule has 1 saturated heterocycles. The van der Waals surface area contributed by atoms with Gasteiger partial charge in [-0.15, -0.1) is 11.6 Å². The minimum absolute atomic E-state index is 0.0518. The number of alkyl halides is 1. The zero-order chi connectivity index (χ0) is 15.3. The van der Waals surface area contributed by atoms with Crippen LogP contribution in [0.1, 0.15) is 19.2 Å². The van der Waals surface area contributed by atoms with Crippen LogP contribution < -0.4 is 5.56 Å². The summed E-state index contributed by atoms with van der Waals surface area (Å²) < 4.78 is 25.1. The molecule has 0 saturated carbocycles. The molecule has 1 atom stereocenters. The molecule has 2 heterocycles. The van der Waals surface area contributed by atoms with Crippen molar-refractivity contribution in [1.82, 2.24) is 9.55 Å². The van der Waals surface area contributed by atoms with E-state index in [9.17, 15) is 13.2 Å². The zero-order valence-corrected chi connectivity index (χ0v) is 13.1. The van der Waals surface area contributed by atoms with Gasteiger partial charge in [0.2, 0.25) is 0 Å². The molecule has 3 rings (SSSR count). The lowest BCUT2D eigenvalue weighted by atomic mass is 10.0. The quantitative estimate of drug-likeness (QED) is 0.787. The number of para-hydroxylation sites is 1. The molecule has 0 radical (unpaired) electrons. The number of nitrogens with zero attached hydrogens (tertiary/aromatic N) is 2. The van der Waals surface area contributed by atoms with Crippen LogP contribution in [-0.2, 0) is 21.3 Å². The Morgan fingerprint density at radius 3 is 2.71 bits per heavy atom. The first-order chi connectivity index (χ1) is 9.86. The van der Waals surface area contributed by atoms with Crippen LogP contribution in [0.15, 0.2) is 29.1 Å². The van der Waals surface area contributed by atoms with Gasteiger partial charge in [0.1, 0.15) is 5.82 Å². The van der Waals surface area contributed by atoms with E-state index in [0.29, 0.717) is 23.1 Å². The van der Waals surface area contributed by atoms with E-state index in [1.54, 1.807) is 31.2 Å². The topological polar surface area (TPSA) is 69.0 Å². The van der Waals surface area contributed by atoms with Gasteiger partial charge in [0.15, 0.2) is 9.84 Å². The van der Waals surface area contributed by atoms with Gasteiger partial charge in [0.05, 0.1) is 33.8 Å². The van der Waals surface area contributed by atoms with Crippen molar-refractivity contribution in [3.05, 3.63) is 40.4 Å². The Balaban J connectivity index is 2.32. The fourth-order valence-corrected chi connectivity index (χ4v) is 5.29. The standard InChI is InChI=1S/C14H15ClN2O3S/c1-14(6-7-21(19,20)9-14)17-12(8-15)16-11-5-3-2-4-10(11)13(17)18/h2-5H,6-9H2,1H3. The van der Waals surface area contributed by atoms with Crippen LogP contribution in [0.3, 0.4) is 0 Å². The average Bonchev–Trinajstić information content (AvgIpc) is 2.73. The van der Waals surface area contributed by atoms with Crippen molar-refractivity contribution in [2.24, 2.45) is 0 Å². The van der Waals surface area contributed by atoms with Gasteiger partial charge in [-0.05, 0) is 25.5 Å². The van der Waals surface area contributed by atoms with Crippen molar-refractivity contribution >= 4 is 32.3 Å². The maximum absolute atomic E-state index is 12.8. The van der Waals surface area contributed by atoms with Gasteiger partial charge in [-0.25, -0.2) is 13.4 Å². The second-order valence-electron chi connectivity index (χ2n) is 5.66. The first kappa shape index (κ1) is 14.5. The largest absolute Gasteiger partial charge is 0.288 e. The first-order valence-electron chi connectivity index (χ1n) is 6.64. The van der Waals surface area contributed by atoms with Crippen molar-refractivity contribution in [3.8, 4) is 0 Å². The SMILES string of the molecule is CC1(n2c(CCl)nc3ccccc3c2=O)CCS(=O)(=O)C1. The Morgan fingerprint density at radius 1 is 1.38 bits per heavy atom. The smallest absolute Gasteiger partial charge is 0.261 e. The fraction of sp³-hybridized carbons (Fsp3) is 0.429. The zero-order valence-electron chi connectivity index (χ0n) is 11.5. The lowest BCUT2D eigenvalue weighted by molar-refractivity contribution is 0.343. The van der Waals surface area contributed by atoms with E-state index in [2.05, 4.69) is 4.98 Å². The summed E-state index contributed by atoms with van der Waals surface area (Å²) in [6.07, 6.45) is 0.402. The lowest BCUT2D eigenvalue weighted by Gasteiger charge is -2.28. The molecule has 1 aromatic carbocycles. The minimum Gasteiger partial charge on any atom is -0.288 e. The van der Waals surface area contributed by atoms with Crippen molar-refractivity contribution < 1.29 is 8.42 Å². The van der Waals surface area contributed by atoms with E-state index >= 15 is 0 Å². The van der Waals surface area contributed by atoms with E-state index in [-0.39, 0.29) is 22.9 Å². The summed E-state index contributed by atoms with van der Waals surface area (Å²) in [6.45, 7) is 1.78. The number of fused-ring (bicyclic) bond motifs is 1. The average molecular weight is 327 g/mol. The highest BCUT2D eigenvalue weighted by Gasteiger charge is 2.41. The summed E-state index contributed by atoms with van der Waals surface area (Å²) >= 11 is 5.94. The third-order valence-electron chi connectivity index (χ3n) is 3.99. The molecule has 2 aromatic rings. The summed E-state index contributed by atoms with van der Waals surface area (Å²) in [5.41, 5.74) is -0.424. The van der Waals surface area contributed by atoms with Crippen LogP contribution in [0.25, 0.3) is 10.9 Å². The summed E-state index contributed by atoms with van der Waals surface area (Å²) in [4.78, 5) is 17.2. The number of hydrogen-bond donors (Lipinski definition) is 0. The molecule has 1 aliphatic heterocycles. The molecule has 7 heteroatoms. The van der Waals surface area contributed by atoms with E-state index in [4.69, 9.17) is 11.6 Å². The van der Waals surface area contributed by atoms with Crippen LogP contribution >= 0.6 is 11.6 Å². The number of hydrogen-bond acceptors (Lipinski definition) is 4. The van der Waals surface area contributed by atoms with Crippen molar-refractivity contribution in [3.63, 3.8) is 0 Å². The Labute approximate surface area is 127 Å². The molecule has 0 aliphatic carbocycles. The molecule has 0 amide bonds. The highest BCUT2D eigenvalue weighted by Crippen LogP contribution is 2.31. The van der Waals surface area contributed by atoms with Gasteiger partial charge < -0.3 is 0 Å². The molecule has 0 spiro atoms. The van der Waals surface area contributed by atoms with Crippen molar-refractivity contribution in [1.29, 1.82) is 0 Å². The third-order valence-corrected chi connectivity index (χ3v) is 6.11. The lowest BCUT2D eigenvalue weighted by Crippen LogP contribution is -2.42. The third kappa shape index (κ3) is 2.36. The summed E-state index contributed by atoms with van der Waals surface area (Å²) in [5.74, 6) is 0.518. The second-order valence-corrected chi connectivity index (χ2v) is 8.11. The predicted octanol–water partition coefficient (Wildman–Crippen LogP) is 1.67. The number of halogens is 1. The van der Waals surface area contributed by atoms with Gasteiger partial charge in [-0.1, -0.05) is 12.1 Å². The van der Waals surface area contributed by atoms with Crippen LogP contribution in [-0.4, -0.2) is 29.5 Å². The first-order valence-corrected chi connectivity index (χ1v) is 8.99. The van der Waals surface area contributed by atoms with Crippen LogP contribution in [0.5, 0.6) is 0 Å². The molecule has 112 valence electrons. The maximum atomic E-state index is 12.8. The molecular weight excluding hydrogens is 312 g/mol. The maximum Gasteiger partial charge on any atom is 0.261 e.